The summed E-state index contributed by atoms with van der Waals surface area (Å²) in [5.74, 6) is 0.501. The molecule has 0 fully saturated rings. The smallest absolute Gasteiger partial charge is 0.411 e. The van der Waals surface area contributed by atoms with Crippen molar-refractivity contribution in [2.75, 3.05) is 44.4 Å². The number of fused-ring (bicyclic) bond motifs is 1. The molecule has 1 aromatic rings. The van der Waals surface area contributed by atoms with Crippen LogP contribution >= 0.6 is 0 Å². The lowest BCUT2D eigenvalue weighted by atomic mass is 10.0. The van der Waals surface area contributed by atoms with Crippen LogP contribution < -0.4 is 10.6 Å². The minimum absolute atomic E-state index is 0.394. The zero-order valence-corrected chi connectivity index (χ0v) is 12.4. The highest BCUT2D eigenvalue weighted by Crippen LogP contribution is 2.33. The van der Waals surface area contributed by atoms with E-state index in [9.17, 15) is 4.79 Å². The summed E-state index contributed by atoms with van der Waals surface area (Å²) in [6.45, 7) is 4.37. The van der Waals surface area contributed by atoms with Crippen molar-refractivity contribution in [1.82, 2.24) is 4.90 Å². The third-order valence-electron chi connectivity index (χ3n) is 3.30. The summed E-state index contributed by atoms with van der Waals surface area (Å²) in [5, 5.41) is 6.14. The van der Waals surface area contributed by atoms with E-state index in [1.54, 1.807) is 0 Å². The van der Waals surface area contributed by atoms with Gasteiger partial charge in [-0.15, -0.1) is 0 Å². The number of amides is 1. The van der Waals surface area contributed by atoms with Crippen LogP contribution in [0.4, 0.5) is 16.2 Å². The largest absolute Gasteiger partial charge is 0.449 e. The maximum absolute atomic E-state index is 11.5. The number of hydrogen-bond acceptors (Lipinski definition) is 4. The molecular formula is C15H23N3O2. The lowest BCUT2D eigenvalue weighted by Gasteiger charge is -2.16. The van der Waals surface area contributed by atoms with Crippen molar-refractivity contribution in [3.05, 3.63) is 23.8 Å². The molecule has 2 rings (SSSR count). The SMILES string of the molecule is CCCOC(=O)Nc1ccc2c(c1)NCC2CN(C)C. The second-order valence-corrected chi connectivity index (χ2v) is 5.40. The number of carbonyl (C=O) groups excluding carboxylic acids is 1. The van der Waals surface area contributed by atoms with E-state index in [0.717, 1.165) is 30.9 Å². The summed E-state index contributed by atoms with van der Waals surface area (Å²) in [7, 11) is 4.16. The summed E-state index contributed by atoms with van der Waals surface area (Å²) < 4.78 is 5.01. The Morgan fingerprint density at radius 2 is 2.30 bits per heavy atom. The summed E-state index contributed by atoms with van der Waals surface area (Å²) >= 11 is 0. The Bertz CT molecular complexity index is 474. The molecule has 0 aromatic heterocycles. The number of nitrogens with zero attached hydrogens (tertiary/aromatic N) is 1. The Morgan fingerprint density at radius 1 is 1.50 bits per heavy atom. The fraction of sp³-hybridized carbons (Fsp3) is 0.533. The lowest BCUT2D eigenvalue weighted by Crippen LogP contribution is -2.21. The van der Waals surface area contributed by atoms with Gasteiger partial charge in [-0.3, -0.25) is 5.32 Å². The van der Waals surface area contributed by atoms with Crippen molar-refractivity contribution in [2.24, 2.45) is 0 Å². The zero-order valence-electron chi connectivity index (χ0n) is 12.4. The minimum Gasteiger partial charge on any atom is -0.449 e. The molecule has 0 bridgehead atoms. The Balaban J connectivity index is 2.00. The molecule has 1 aliphatic rings. The van der Waals surface area contributed by atoms with E-state index in [2.05, 4.69) is 35.7 Å². The monoisotopic (exact) mass is 277 g/mol. The van der Waals surface area contributed by atoms with E-state index >= 15 is 0 Å². The molecule has 0 aliphatic carbocycles. The van der Waals surface area contributed by atoms with Gasteiger partial charge >= 0.3 is 6.09 Å². The Morgan fingerprint density at radius 3 is 3.00 bits per heavy atom. The second kappa shape index (κ2) is 6.61. The van der Waals surface area contributed by atoms with Crippen molar-refractivity contribution < 1.29 is 9.53 Å². The number of nitrogens with one attached hydrogen (secondary N) is 2. The molecule has 5 heteroatoms. The summed E-state index contributed by atoms with van der Waals surface area (Å²) in [6, 6.07) is 5.98. The maximum Gasteiger partial charge on any atom is 0.411 e. The van der Waals surface area contributed by atoms with Gasteiger partial charge in [0.2, 0.25) is 0 Å². The van der Waals surface area contributed by atoms with E-state index in [0.29, 0.717) is 12.5 Å². The van der Waals surface area contributed by atoms with Crippen LogP contribution in [0.3, 0.4) is 0 Å². The van der Waals surface area contributed by atoms with Gasteiger partial charge in [0.05, 0.1) is 6.61 Å². The topological polar surface area (TPSA) is 53.6 Å². The average Bonchev–Trinajstić information content (AvgIpc) is 2.78. The number of rotatable bonds is 5. The molecule has 1 aliphatic heterocycles. The molecule has 5 nitrogen and oxygen atoms in total. The van der Waals surface area contributed by atoms with Crippen LogP contribution in [0.25, 0.3) is 0 Å². The van der Waals surface area contributed by atoms with Gasteiger partial charge in [-0.2, -0.15) is 0 Å². The van der Waals surface area contributed by atoms with Crippen LogP contribution in [0, 0.1) is 0 Å². The first-order chi connectivity index (χ1) is 9.60. The van der Waals surface area contributed by atoms with E-state index in [1.807, 2.05) is 19.1 Å². The molecule has 1 unspecified atom stereocenters. The Labute approximate surface area is 120 Å². The molecule has 1 aromatic carbocycles. The highest BCUT2D eigenvalue weighted by atomic mass is 16.5. The van der Waals surface area contributed by atoms with Gasteiger partial charge in [-0.25, -0.2) is 4.79 Å². The average molecular weight is 277 g/mol. The predicted molar refractivity (Wildman–Crippen MR) is 81.5 cm³/mol. The third kappa shape index (κ3) is 3.63. The molecule has 1 atom stereocenters. The summed E-state index contributed by atoms with van der Waals surface area (Å²) in [5.41, 5.74) is 3.18. The first-order valence-corrected chi connectivity index (χ1v) is 7.06. The summed E-state index contributed by atoms with van der Waals surface area (Å²) in [4.78, 5) is 13.7. The lowest BCUT2D eigenvalue weighted by molar-refractivity contribution is 0.161. The maximum atomic E-state index is 11.5. The van der Waals surface area contributed by atoms with Crippen molar-refractivity contribution >= 4 is 17.5 Å². The molecule has 2 N–H and O–H groups in total. The van der Waals surface area contributed by atoms with Crippen LogP contribution in [-0.2, 0) is 4.74 Å². The summed E-state index contributed by atoms with van der Waals surface area (Å²) in [6.07, 6.45) is 0.431. The first-order valence-electron chi connectivity index (χ1n) is 7.06. The standard InChI is InChI=1S/C15H23N3O2/c1-4-7-20-15(19)17-12-5-6-13-11(10-18(2)3)9-16-14(13)8-12/h5-6,8,11,16H,4,7,9-10H2,1-3H3,(H,17,19). The minimum atomic E-state index is -0.394. The van der Waals surface area contributed by atoms with Crippen LogP contribution in [0.15, 0.2) is 18.2 Å². The molecule has 1 amide bonds. The fourth-order valence-electron chi connectivity index (χ4n) is 2.44. The van der Waals surface area contributed by atoms with Crippen LogP contribution in [0.1, 0.15) is 24.8 Å². The highest BCUT2D eigenvalue weighted by Gasteiger charge is 2.22. The number of anilines is 2. The van der Waals surface area contributed by atoms with Crippen LogP contribution in [-0.4, -0.2) is 44.8 Å². The molecule has 0 spiro atoms. The second-order valence-electron chi connectivity index (χ2n) is 5.40. The third-order valence-corrected chi connectivity index (χ3v) is 3.30. The molecule has 0 radical (unpaired) electrons. The molecular weight excluding hydrogens is 254 g/mol. The van der Waals surface area contributed by atoms with E-state index < -0.39 is 6.09 Å². The van der Waals surface area contributed by atoms with Crippen molar-refractivity contribution in [3.8, 4) is 0 Å². The molecule has 0 saturated carbocycles. The van der Waals surface area contributed by atoms with Gasteiger partial charge in [0.25, 0.3) is 0 Å². The predicted octanol–water partition coefficient (Wildman–Crippen LogP) is 2.72. The van der Waals surface area contributed by atoms with Gasteiger partial charge in [0.15, 0.2) is 0 Å². The van der Waals surface area contributed by atoms with Crippen LogP contribution in [0.2, 0.25) is 0 Å². The number of carbonyl (C=O) groups is 1. The fourth-order valence-corrected chi connectivity index (χ4v) is 2.44. The number of hydrogen-bond donors (Lipinski definition) is 2. The van der Waals surface area contributed by atoms with Gasteiger partial charge in [-0.1, -0.05) is 13.0 Å². The van der Waals surface area contributed by atoms with Crippen molar-refractivity contribution in [2.45, 2.75) is 19.3 Å². The van der Waals surface area contributed by atoms with Gasteiger partial charge in [0.1, 0.15) is 0 Å². The van der Waals surface area contributed by atoms with Crippen molar-refractivity contribution in [1.29, 1.82) is 0 Å². The van der Waals surface area contributed by atoms with E-state index in [4.69, 9.17) is 4.74 Å². The van der Waals surface area contributed by atoms with Gasteiger partial charge < -0.3 is 15.0 Å². The van der Waals surface area contributed by atoms with E-state index in [-0.39, 0.29) is 0 Å². The number of ether oxygens (including phenoxy) is 1. The first kappa shape index (κ1) is 14.7. The number of likely N-dealkylation sites (N-methyl/N-ethyl adjacent to an activating group) is 1. The van der Waals surface area contributed by atoms with Gasteiger partial charge in [0, 0.05) is 30.4 Å². The van der Waals surface area contributed by atoms with Crippen molar-refractivity contribution in [3.63, 3.8) is 0 Å². The normalized spacial score (nSPS) is 16.7. The van der Waals surface area contributed by atoms with Crippen LogP contribution in [0.5, 0.6) is 0 Å². The quantitative estimate of drug-likeness (QED) is 0.869. The molecule has 20 heavy (non-hydrogen) atoms. The van der Waals surface area contributed by atoms with E-state index in [1.165, 1.54) is 5.56 Å². The van der Waals surface area contributed by atoms with Gasteiger partial charge in [-0.05, 0) is 38.2 Å². The Hall–Kier alpha value is -1.75. The molecule has 1 heterocycles. The number of benzene rings is 1. The Kier molecular flexibility index (Phi) is 4.84. The highest BCUT2D eigenvalue weighted by molar-refractivity contribution is 5.86. The zero-order chi connectivity index (χ0) is 14.5. The molecule has 110 valence electrons. The molecule has 0 saturated heterocycles.